The van der Waals surface area contributed by atoms with E-state index in [-0.39, 0.29) is 5.97 Å². The summed E-state index contributed by atoms with van der Waals surface area (Å²) in [4.78, 5) is 12.1. The van der Waals surface area contributed by atoms with Crippen molar-refractivity contribution < 1.29 is 19.0 Å². The average Bonchev–Trinajstić information content (AvgIpc) is 3.07. The summed E-state index contributed by atoms with van der Waals surface area (Å²) in [5, 5.41) is 0. The van der Waals surface area contributed by atoms with Crippen LogP contribution in [0, 0.1) is 0 Å². The molecule has 1 heterocycles. The summed E-state index contributed by atoms with van der Waals surface area (Å²) in [6.45, 7) is 6.03. The van der Waals surface area contributed by atoms with Crippen LogP contribution in [-0.4, -0.2) is 25.3 Å². The van der Waals surface area contributed by atoms with Gasteiger partial charge in [0.2, 0.25) is 0 Å². The van der Waals surface area contributed by atoms with Crippen LogP contribution in [-0.2, 0) is 19.9 Å². The molecule has 2 rings (SSSR count). The van der Waals surface area contributed by atoms with E-state index in [1.54, 1.807) is 14.0 Å². The van der Waals surface area contributed by atoms with Crippen LogP contribution in [0.3, 0.4) is 0 Å². The summed E-state index contributed by atoms with van der Waals surface area (Å²) in [6.07, 6.45) is 0.592. The van der Waals surface area contributed by atoms with E-state index >= 15 is 0 Å². The predicted molar refractivity (Wildman–Crippen MR) is 71.1 cm³/mol. The van der Waals surface area contributed by atoms with Gasteiger partial charge >= 0.3 is 5.97 Å². The van der Waals surface area contributed by atoms with Gasteiger partial charge in [-0.25, -0.2) is 4.79 Å². The first-order valence-electron chi connectivity index (χ1n) is 6.56. The van der Waals surface area contributed by atoms with Crippen molar-refractivity contribution in [2.45, 2.75) is 38.4 Å². The maximum absolute atomic E-state index is 12.1. The maximum Gasteiger partial charge on any atom is 0.341 e. The molecule has 4 nitrogen and oxygen atoms in total. The van der Waals surface area contributed by atoms with Gasteiger partial charge in [0, 0.05) is 0 Å². The molecule has 19 heavy (non-hydrogen) atoms. The summed E-state index contributed by atoms with van der Waals surface area (Å²) in [5.41, 5.74) is -0.499. The van der Waals surface area contributed by atoms with Gasteiger partial charge in [-0.05, 0) is 38.0 Å². The van der Waals surface area contributed by atoms with E-state index in [9.17, 15) is 4.79 Å². The lowest BCUT2D eigenvalue weighted by Crippen LogP contribution is -2.32. The van der Waals surface area contributed by atoms with E-state index in [2.05, 4.69) is 0 Å². The smallest absolute Gasteiger partial charge is 0.341 e. The molecule has 0 amide bonds. The van der Waals surface area contributed by atoms with Crippen LogP contribution in [0.25, 0.3) is 0 Å². The molecule has 104 valence electrons. The van der Waals surface area contributed by atoms with Crippen LogP contribution in [0.2, 0.25) is 0 Å². The number of ether oxygens (including phenoxy) is 3. The third kappa shape index (κ3) is 2.00. The Morgan fingerprint density at radius 3 is 2.37 bits per heavy atom. The normalized spacial score (nSPS) is 28.8. The molecule has 0 N–H and O–H groups in total. The minimum absolute atomic E-state index is 0.282. The molecule has 1 aromatic carbocycles. The van der Waals surface area contributed by atoms with Gasteiger partial charge in [-0.1, -0.05) is 19.1 Å². The van der Waals surface area contributed by atoms with E-state index in [1.807, 2.05) is 38.1 Å². The SMILES string of the molecule is CCOC(=O)C1(CC)OC1(C)c1ccc(OC)cc1. The van der Waals surface area contributed by atoms with Gasteiger partial charge in [-0.2, -0.15) is 0 Å². The molecule has 2 atom stereocenters. The quantitative estimate of drug-likeness (QED) is 0.606. The fraction of sp³-hybridized carbons (Fsp3) is 0.533. The molecule has 1 saturated heterocycles. The minimum Gasteiger partial charge on any atom is -0.497 e. The van der Waals surface area contributed by atoms with E-state index in [1.165, 1.54) is 0 Å². The number of benzene rings is 1. The van der Waals surface area contributed by atoms with Gasteiger partial charge in [0.05, 0.1) is 13.7 Å². The standard InChI is InChI=1S/C15H20O4/c1-5-15(13(16)18-6-2)14(3,19-15)11-7-9-12(17-4)10-8-11/h7-10H,5-6H2,1-4H3. The molecule has 1 aliphatic heterocycles. The summed E-state index contributed by atoms with van der Waals surface area (Å²) in [7, 11) is 1.62. The second-order valence-electron chi connectivity index (χ2n) is 4.76. The second-order valence-corrected chi connectivity index (χ2v) is 4.76. The molecule has 1 aromatic rings. The summed E-state index contributed by atoms with van der Waals surface area (Å²) >= 11 is 0. The first-order chi connectivity index (χ1) is 9.04. The highest BCUT2D eigenvalue weighted by Crippen LogP contribution is 2.58. The van der Waals surface area contributed by atoms with Gasteiger partial charge < -0.3 is 14.2 Å². The Bertz CT molecular complexity index is 468. The molecule has 1 aliphatic rings. The maximum atomic E-state index is 12.1. The van der Waals surface area contributed by atoms with Crippen molar-refractivity contribution in [3.8, 4) is 5.75 Å². The zero-order chi connectivity index (χ0) is 14.1. The molecule has 0 aliphatic carbocycles. The second kappa shape index (κ2) is 4.85. The van der Waals surface area contributed by atoms with Gasteiger partial charge in [-0.15, -0.1) is 0 Å². The van der Waals surface area contributed by atoms with E-state index < -0.39 is 11.2 Å². The highest BCUT2D eigenvalue weighted by atomic mass is 16.7. The Hall–Kier alpha value is -1.55. The van der Waals surface area contributed by atoms with E-state index in [0.29, 0.717) is 13.0 Å². The largest absolute Gasteiger partial charge is 0.497 e. The molecule has 0 spiro atoms. The monoisotopic (exact) mass is 264 g/mol. The highest BCUT2D eigenvalue weighted by molar-refractivity contribution is 5.85. The lowest BCUT2D eigenvalue weighted by atomic mass is 9.86. The van der Waals surface area contributed by atoms with Crippen LogP contribution < -0.4 is 4.74 Å². The molecule has 0 saturated carbocycles. The zero-order valence-electron chi connectivity index (χ0n) is 11.9. The van der Waals surface area contributed by atoms with Crippen molar-refractivity contribution in [3.05, 3.63) is 29.8 Å². The molecule has 1 fully saturated rings. The average molecular weight is 264 g/mol. The third-order valence-corrected chi connectivity index (χ3v) is 3.85. The molecule has 4 heteroatoms. The zero-order valence-corrected chi connectivity index (χ0v) is 11.9. The number of epoxide rings is 1. The predicted octanol–water partition coefficient (Wildman–Crippen LogP) is 2.65. The summed E-state index contributed by atoms with van der Waals surface area (Å²) in [6, 6.07) is 7.59. The third-order valence-electron chi connectivity index (χ3n) is 3.85. The molecule has 0 radical (unpaired) electrons. The van der Waals surface area contributed by atoms with Crippen molar-refractivity contribution in [1.29, 1.82) is 0 Å². The molecule has 2 unspecified atom stereocenters. The van der Waals surface area contributed by atoms with Crippen molar-refractivity contribution >= 4 is 5.97 Å². The minimum atomic E-state index is -0.850. The van der Waals surface area contributed by atoms with Gasteiger partial charge in [0.1, 0.15) is 11.4 Å². The van der Waals surface area contributed by atoms with Crippen molar-refractivity contribution in [1.82, 2.24) is 0 Å². The molecule has 0 aromatic heterocycles. The van der Waals surface area contributed by atoms with Gasteiger partial charge in [0.25, 0.3) is 0 Å². The van der Waals surface area contributed by atoms with Crippen LogP contribution in [0.4, 0.5) is 0 Å². The van der Waals surface area contributed by atoms with Crippen molar-refractivity contribution in [2.75, 3.05) is 13.7 Å². The molecular formula is C15H20O4. The van der Waals surface area contributed by atoms with Crippen LogP contribution in [0.15, 0.2) is 24.3 Å². The number of carbonyl (C=O) groups is 1. The van der Waals surface area contributed by atoms with Crippen LogP contribution >= 0.6 is 0 Å². The molecular weight excluding hydrogens is 244 g/mol. The van der Waals surface area contributed by atoms with Crippen LogP contribution in [0.5, 0.6) is 5.75 Å². The van der Waals surface area contributed by atoms with Crippen molar-refractivity contribution in [2.24, 2.45) is 0 Å². The summed E-state index contributed by atoms with van der Waals surface area (Å²) in [5.74, 6) is 0.502. The lowest BCUT2D eigenvalue weighted by Gasteiger charge is -2.14. The Morgan fingerprint density at radius 2 is 1.89 bits per heavy atom. The van der Waals surface area contributed by atoms with E-state index in [4.69, 9.17) is 14.2 Å². The highest BCUT2D eigenvalue weighted by Gasteiger charge is 2.72. The van der Waals surface area contributed by atoms with Gasteiger partial charge in [0.15, 0.2) is 5.60 Å². The topological polar surface area (TPSA) is 48.1 Å². The number of rotatable bonds is 5. The van der Waals surface area contributed by atoms with Crippen molar-refractivity contribution in [3.63, 3.8) is 0 Å². The Kier molecular flexibility index (Phi) is 3.54. The fourth-order valence-electron chi connectivity index (χ4n) is 2.56. The Morgan fingerprint density at radius 1 is 1.26 bits per heavy atom. The number of hydrogen-bond donors (Lipinski definition) is 0. The molecule has 0 bridgehead atoms. The number of methoxy groups -OCH3 is 1. The Labute approximate surface area is 113 Å². The first kappa shape index (κ1) is 13.9. The van der Waals surface area contributed by atoms with E-state index in [0.717, 1.165) is 11.3 Å². The number of carbonyl (C=O) groups excluding carboxylic acids is 1. The number of esters is 1. The lowest BCUT2D eigenvalue weighted by molar-refractivity contribution is -0.149. The summed E-state index contributed by atoms with van der Waals surface area (Å²) < 4.78 is 16.1. The van der Waals surface area contributed by atoms with Gasteiger partial charge in [-0.3, -0.25) is 0 Å². The Balaban J connectivity index is 2.26. The van der Waals surface area contributed by atoms with Crippen LogP contribution in [0.1, 0.15) is 32.8 Å². The fourth-order valence-corrected chi connectivity index (χ4v) is 2.56. The first-order valence-corrected chi connectivity index (χ1v) is 6.56. The number of hydrogen-bond acceptors (Lipinski definition) is 4.